The Kier molecular flexibility index (Phi) is 4.06. The standard InChI is InChI=1S/C13H11F3N4O/c1-8-5-6-17-11(18-8)20-12(21)19-10-4-2-3-9(7-10)13(14,15)16/h2-7H,1H3,(H2,17,18,19,20,21). The summed E-state index contributed by atoms with van der Waals surface area (Å²) in [7, 11) is 0. The summed E-state index contributed by atoms with van der Waals surface area (Å²) in [4.78, 5) is 19.4. The second-order valence-electron chi connectivity index (χ2n) is 4.18. The van der Waals surface area contributed by atoms with Crippen molar-refractivity contribution < 1.29 is 18.0 Å². The SMILES string of the molecule is Cc1ccnc(NC(=O)Nc2cccc(C(F)(F)F)c2)n1. The smallest absolute Gasteiger partial charge is 0.308 e. The lowest BCUT2D eigenvalue weighted by Gasteiger charge is -2.10. The molecule has 0 fully saturated rings. The van der Waals surface area contributed by atoms with Crippen LogP contribution >= 0.6 is 0 Å². The summed E-state index contributed by atoms with van der Waals surface area (Å²) in [6.07, 6.45) is -3.00. The minimum Gasteiger partial charge on any atom is -0.308 e. The van der Waals surface area contributed by atoms with E-state index in [-0.39, 0.29) is 11.6 Å². The first kappa shape index (κ1) is 14.8. The number of nitrogens with zero attached hydrogens (tertiary/aromatic N) is 2. The second kappa shape index (κ2) is 5.78. The molecule has 0 atom stereocenters. The van der Waals surface area contributed by atoms with E-state index in [0.717, 1.165) is 12.1 Å². The largest absolute Gasteiger partial charge is 0.416 e. The molecular formula is C13H11F3N4O. The number of halogens is 3. The molecule has 1 aromatic carbocycles. The Bertz CT molecular complexity index is 658. The van der Waals surface area contributed by atoms with Crippen LogP contribution in [0.4, 0.5) is 29.6 Å². The number of benzene rings is 1. The highest BCUT2D eigenvalue weighted by Gasteiger charge is 2.30. The number of alkyl halides is 3. The van der Waals surface area contributed by atoms with Crippen molar-refractivity contribution in [3.8, 4) is 0 Å². The van der Waals surface area contributed by atoms with Gasteiger partial charge in [-0.15, -0.1) is 0 Å². The maximum absolute atomic E-state index is 12.5. The first-order chi connectivity index (χ1) is 9.84. The Hall–Kier alpha value is -2.64. The fourth-order valence-electron chi connectivity index (χ4n) is 1.55. The number of carbonyl (C=O) groups is 1. The lowest BCUT2D eigenvalue weighted by Crippen LogP contribution is -2.21. The van der Waals surface area contributed by atoms with Gasteiger partial charge in [-0.05, 0) is 31.2 Å². The fraction of sp³-hybridized carbons (Fsp3) is 0.154. The minimum absolute atomic E-state index is 0.0231. The van der Waals surface area contributed by atoms with E-state index in [1.807, 2.05) is 0 Å². The monoisotopic (exact) mass is 296 g/mol. The molecule has 2 amide bonds. The van der Waals surface area contributed by atoms with E-state index in [1.54, 1.807) is 13.0 Å². The van der Waals surface area contributed by atoms with Crippen LogP contribution in [0.15, 0.2) is 36.5 Å². The van der Waals surface area contributed by atoms with Crippen LogP contribution in [-0.4, -0.2) is 16.0 Å². The summed E-state index contributed by atoms with van der Waals surface area (Å²) in [6, 6.07) is 5.26. The van der Waals surface area contributed by atoms with Crippen molar-refractivity contribution in [3.63, 3.8) is 0 Å². The van der Waals surface area contributed by atoms with Gasteiger partial charge in [0, 0.05) is 17.6 Å². The summed E-state index contributed by atoms with van der Waals surface area (Å²) in [5.74, 6) is 0.0690. The number of hydrogen-bond donors (Lipinski definition) is 2. The molecule has 1 heterocycles. The summed E-state index contributed by atoms with van der Waals surface area (Å²) in [5, 5.41) is 4.63. The van der Waals surface area contributed by atoms with E-state index in [0.29, 0.717) is 5.69 Å². The van der Waals surface area contributed by atoms with E-state index in [2.05, 4.69) is 20.6 Å². The molecule has 2 N–H and O–H groups in total. The molecule has 0 spiro atoms. The predicted molar refractivity (Wildman–Crippen MR) is 70.9 cm³/mol. The Balaban J connectivity index is 2.06. The first-order valence-corrected chi connectivity index (χ1v) is 5.89. The predicted octanol–water partition coefficient (Wildman–Crippen LogP) is 3.45. The molecule has 0 radical (unpaired) electrons. The molecule has 0 bridgehead atoms. The minimum atomic E-state index is -4.46. The van der Waals surface area contributed by atoms with Gasteiger partial charge in [-0.2, -0.15) is 13.2 Å². The zero-order valence-corrected chi connectivity index (χ0v) is 10.9. The molecule has 0 saturated heterocycles. The molecule has 2 rings (SSSR count). The van der Waals surface area contributed by atoms with Crippen LogP contribution in [0.3, 0.4) is 0 Å². The van der Waals surface area contributed by atoms with Gasteiger partial charge in [0.1, 0.15) is 0 Å². The lowest BCUT2D eigenvalue weighted by molar-refractivity contribution is -0.137. The van der Waals surface area contributed by atoms with Crippen molar-refractivity contribution >= 4 is 17.7 Å². The number of hydrogen-bond acceptors (Lipinski definition) is 3. The van der Waals surface area contributed by atoms with Crippen LogP contribution in [0.5, 0.6) is 0 Å². The third kappa shape index (κ3) is 4.16. The first-order valence-electron chi connectivity index (χ1n) is 5.89. The van der Waals surface area contributed by atoms with Gasteiger partial charge in [0.05, 0.1) is 5.56 Å². The number of nitrogens with one attached hydrogen (secondary N) is 2. The van der Waals surface area contributed by atoms with Gasteiger partial charge in [-0.1, -0.05) is 6.07 Å². The number of urea groups is 1. The third-order valence-electron chi connectivity index (χ3n) is 2.47. The van der Waals surface area contributed by atoms with Gasteiger partial charge >= 0.3 is 12.2 Å². The summed E-state index contributed by atoms with van der Waals surface area (Å²) in [5.41, 5.74) is -0.165. The second-order valence-corrected chi connectivity index (χ2v) is 4.18. The summed E-state index contributed by atoms with van der Waals surface area (Å²) >= 11 is 0. The van der Waals surface area contributed by atoms with E-state index in [4.69, 9.17) is 0 Å². The van der Waals surface area contributed by atoms with Crippen LogP contribution in [0.25, 0.3) is 0 Å². The molecule has 0 aliphatic heterocycles. The van der Waals surface area contributed by atoms with Crippen molar-refractivity contribution in [3.05, 3.63) is 47.8 Å². The van der Waals surface area contributed by atoms with E-state index < -0.39 is 17.8 Å². The molecule has 5 nitrogen and oxygen atoms in total. The molecule has 0 aliphatic carbocycles. The molecule has 0 saturated carbocycles. The topological polar surface area (TPSA) is 66.9 Å². The maximum atomic E-state index is 12.5. The highest BCUT2D eigenvalue weighted by Crippen LogP contribution is 2.30. The van der Waals surface area contributed by atoms with Crippen molar-refractivity contribution in [2.75, 3.05) is 10.6 Å². The molecule has 21 heavy (non-hydrogen) atoms. The summed E-state index contributed by atoms with van der Waals surface area (Å²) < 4.78 is 37.6. The van der Waals surface area contributed by atoms with Gasteiger partial charge in [0.25, 0.3) is 0 Å². The van der Waals surface area contributed by atoms with Crippen LogP contribution < -0.4 is 10.6 Å². The Morgan fingerprint density at radius 1 is 1.19 bits per heavy atom. The third-order valence-corrected chi connectivity index (χ3v) is 2.47. The van der Waals surface area contributed by atoms with E-state index in [9.17, 15) is 18.0 Å². The molecule has 8 heteroatoms. The Labute approximate surface area is 118 Å². The van der Waals surface area contributed by atoms with Crippen LogP contribution in [-0.2, 0) is 6.18 Å². The van der Waals surface area contributed by atoms with Crippen molar-refractivity contribution in [1.82, 2.24) is 9.97 Å². The number of anilines is 2. The van der Waals surface area contributed by atoms with Crippen LogP contribution in [0.1, 0.15) is 11.3 Å². The van der Waals surface area contributed by atoms with Crippen LogP contribution in [0, 0.1) is 6.92 Å². The molecule has 0 unspecified atom stereocenters. The lowest BCUT2D eigenvalue weighted by atomic mass is 10.2. The van der Waals surface area contributed by atoms with Gasteiger partial charge in [0.2, 0.25) is 5.95 Å². The average Bonchev–Trinajstić information content (AvgIpc) is 2.37. The summed E-state index contributed by atoms with van der Waals surface area (Å²) in [6.45, 7) is 1.72. The van der Waals surface area contributed by atoms with Crippen molar-refractivity contribution in [1.29, 1.82) is 0 Å². The quantitative estimate of drug-likeness (QED) is 0.892. The Morgan fingerprint density at radius 2 is 1.95 bits per heavy atom. The van der Waals surface area contributed by atoms with Crippen LogP contribution in [0.2, 0.25) is 0 Å². The van der Waals surface area contributed by atoms with Crippen molar-refractivity contribution in [2.45, 2.75) is 13.1 Å². The normalized spacial score (nSPS) is 11.0. The van der Waals surface area contributed by atoms with E-state index >= 15 is 0 Å². The molecule has 0 aliphatic rings. The van der Waals surface area contributed by atoms with Gasteiger partial charge < -0.3 is 5.32 Å². The molecule has 1 aromatic heterocycles. The van der Waals surface area contributed by atoms with E-state index in [1.165, 1.54) is 18.3 Å². The van der Waals surface area contributed by atoms with Gasteiger partial charge in [-0.3, -0.25) is 5.32 Å². The molecule has 2 aromatic rings. The number of aryl methyl sites for hydroxylation is 1. The molecular weight excluding hydrogens is 285 g/mol. The van der Waals surface area contributed by atoms with Gasteiger partial charge in [0.15, 0.2) is 0 Å². The van der Waals surface area contributed by atoms with Gasteiger partial charge in [-0.25, -0.2) is 14.8 Å². The highest BCUT2D eigenvalue weighted by molar-refractivity contribution is 5.98. The number of amides is 2. The fourth-order valence-corrected chi connectivity index (χ4v) is 1.55. The molecule has 110 valence electrons. The maximum Gasteiger partial charge on any atom is 0.416 e. The number of carbonyl (C=O) groups excluding carboxylic acids is 1. The highest BCUT2D eigenvalue weighted by atomic mass is 19.4. The number of aromatic nitrogens is 2. The zero-order chi connectivity index (χ0) is 15.5. The average molecular weight is 296 g/mol. The zero-order valence-electron chi connectivity index (χ0n) is 10.9. The number of rotatable bonds is 2. The Morgan fingerprint density at radius 3 is 2.62 bits per heavy atom. The van der Waals surface area contributed by atoms with Crippen molar-refractivity contribution in [2.24, 2.45) is 0 Å².